The Hall–Kier alpha value is -2.71. The summed E-state index contributed by atoms with van der Waals surface area (Å²) in [6, 6.07) is 9.51. The number of ether oxygens (including phenoxy) is 1. The summed E-state index contributed by atoms with van der Waals surface area (Å²) in [5, 5.41) is 0. The van der Waals surface area contributed by atoms with Gasteiger partial charge in [0.2, 0.25) is 0 Å². The van der Waals surface area contributed by atoms with Crippen LogP contribution in [0.2, 0.25) is 0 Å². The van der Waals surface area contributed by atoms with Crippen molar-refractivity contribution in [3.05, 3.63) is 60.8 Å². The number of fused-ring (bicyclic) bond motifs is 1. The van der Waals surface area contributed by atoms with Crippen LogP contribution in [0.1, 0.15) is 5.56 Å². The Bertz CT molecular complexity index is 833. The van der Waals surface area contributed by atoms with Crippen LogP contribution in [-0.4, -0.2) is 24.5 Å². The van der Waals surface area contributed by atoms with Crippen LogP contribution in [-0.2, 0) is 17.9 Å². The second kappa shape index (κ2) is 5.82. The van der Waals surface area contributed by atoms with Crippen LogP contribution in [0.25, 0.3) is 0 Å². The van der Waals surface area contributed by atoms with Crippen molar-refractivity contribution < 1.29 is 9.29 Å². The summed E-state index contributed by atoms with van der Waals surface area (Å²) in [7, 11) is 0. The quantitative estimate of drug-likeness (QED) is 0.681. The molecule has 0 saturated heterocycles. The zero-order valence-corrected chi connectivity index (χ0v) is 12.7. The molecule has 3 aromatic rings. The van der Waals surface area contributed by atoms with Crippen LogP contribution < -0.4 is 9.04 Å². The Morgan fingerprint density at radius 3 is 2.78 bits per heavy atom. The molecular formula is C15H11N5O2S. The number of rotatable bonds is 3. The van der Waals surface area contributed by atoms with Gasteiger partial charge in [-0.15, -0.1) is 0 Å². The lowest BCUT2D eigenvalue weighted by Crippen LogP contribution is -2.24. The number of hydrogen-bond acceptors (Lipinski definition) is 7. The van der Waals surface area contributed by atoms with Gasteiger partial charge in [-0.05, 0) is 6.07 Å². The third-order valence-corrected chi connectivity index (χ3v) is 4.79. The zero-order chi connectivity index (χ0) is 15.6. The summed E-state index contributed by atoms with van der Waals surface area (Å²) in [6.45, 7) is 0.535. The first kappa shape index (κ1) is 13.9. The van der Waals surface area contributed by atoms with Gasteiger partial charge in [0.1, 0.15) is 17.7 Å². The van der Waals surface area contributed by atoms with Gasteiger partial charge in [-0.3, -0.25) is 0 Å². The fourth-order valence-electron chi connectivity index (χ4n) is 2.27. The van der Waals surface area contributed by atoms with Gasteiger partial charge in [0.15, 0.2) is 16.5 Å². The van der Waals surface area contributed by atoms with E-state index in [-0.39, 0.29) is 6.01 Å². The average molecular weight is 325 g/mol. The first-order valence-electron chi connectivity index (χ1n) is 6.84. The second-order valence-electron chi connectivity index (χ2n) is 4.77. The maximum absolute atomic E-state index is 12.6. The van der Waals surface area contributed by atoms with E-state index in [1.807, 2.05) is 24.3 Å². The van der Waals surface area contributed by atoms with Crippen molar-refractivity contribution >= 4 is 17.2 Å². The number of aromatic nitrogens is 4. The molecule has 0 aliphatic carbocycles. The van der Waals surface area contributed by atoms with Gasteiger partial charge in [0, 0.05) is 17.8 Å². The van der Waals surface area contributed by atoms with Gasteiger partial charge in [-0.2, -0.15) is 9.29 Å². The van der Waals surface area contributed by atoms with Crippen LogP contribution in [0.4, 0.5) is 5.82 Å². The van der Waals surface area contributed by atoms with Crippen LogP contribution in [0.15, 0.2) is 60.1 Å². The Morgan fingerprint density at radius 1 is 1.13 bits per heavy atom. The first-order valence-corrected chi connectivity index (χ1v) is 7.95. The molecule has 1 aliphatic rings. The van der Waals surface area contributed by atoms with Crippen molar-refractivity contribution in [2.24, 2.45) is 0 Å². The lowest BCUT2D eigenvalue weighted by atomic mass is 10.2. The predicted octanol–water partition coefficient (Wildman–Crippen LogP) is 2.10. The van der Waals surface area contributed by atoms with E-state index in [1.54, 1.807) is 16.6 Å². The molecule has 0 radical (unpaired) electrons. The summed E-state index contributed by atoms with van der Waals surface area (Å²) in [5.41, 5.74) is 1.03. The average Bonchev–Trinajstić information content (AvgIpc) is 2.93. The Morgan fingerprint density at radius 2 is 1.96 bits per heavy atom. The predicted molar refractivity (Wildman–Crippen MR) is 83.2 cm³/mol. The highest BCUT2D eigenvalue weighted by Crippen LogP contribution is 2.33. The molecule has 0 bridgehead atoms. The molecule has 1 atom stereocenters. The maximum Gasteiger partial charge on any atom is 0.324 e. The summed E-state index contributed by atoms with van der Waals surface area (Å²) in [6.07, 6.45) is 6.02. The largest absolute Gasteiger partial charge is 0.588 e. The molecule has 8 heteroatoms. The Balaban J connectivity index is 1.60. The molecule has 23 heavy (non-hydrogen) atoms. The minimum Gasteiger partial charge on any atom is -0.588 e. The lowest BCUT2D eigenvalue weighted by molar-refractivity contribution is 0.438. The SMILES string of the molecule is [O-][S+]1c2ccccc2CN1c1ccnc(Oc2cncnc2)n1. The van der Waals surface area contributed by atoms with Crippen LogP contribution in [0.3, 0.4) is 0 Å². The van der Waals surface area contributed by atoms with E-state index >= 15 is 0 Å². The molecule has 1 aliphatic heterocycles. The van der Waals surface area contributed by atoms with Gasteiger partial charge in [-0.25, -0.2) is 15.0 Å². The van der Waals surface area contributed by atoms with Crippen molar-refractivity contribution in [3.8, 4) is 11.8 Å². The Kier molecular flexibility index (Phi) is 3.52. The first-order chi connectivity index (χ1) is 11.3. The van der Waals surface area contributed by atoms with Crippen molar-refractivity contribution in [2.75, 3.05) is 4.31 Å². The van der Waals surface area contributed by atoms with E-state index in [9.17, 15) is 4.55 Å². The fourth-order valence-corrected chi connectivity index (χ4v) is 3.58. The molecule has 0 saturated carbocycles. The lowest BCUT2D eigenvalue weighted by Gasteiger charge is -2.17. The van der Waals surface area contributed by atoms with E-state index in [4.69, 9.17) is 4.74 Å². The van der Waals surface area contributed by atoms with Crippen LogP contribution in [0.5, 0.6) is 11.8 Å². The summed E-state index contributed by atoms with van der Waals surface area (Å²) in [4.78, 5) is 16.9. The molecule has 2 aromatic heterocycles. The molecule has 4 rings (SSSR count). The fraction of sp³-hybridized carbons (Fsp3) is 0.0667. The summed E-state index contributed by atoms with van der Waals surface area (Å²) < 4.78 is 19.8. The zero-order valence-electron chi connectivity index (χ0n) is 11.9. The topological polar surface area (TPSA) is 87.1 Å². The Labute approximate surface area is 135 Å². The standard InChI is InChI=1S/C15H11N5O2S/c21-23-13-4-2-1-3-11(13)9-20(23)14-5-6-18-15(19-14)22-12-7-16-10-17-8-12/h1-8,10H,9H2. The maximum atomic E-state index is 12.6. The molecule has 1 unspecified atom stereocenters. The van der Waals surface area contributed by atoms with Crippen molar-refractivity contribution in [3.63, 3.8) is 0 Å². The highest BCUT2D eigenvalue weighted by Gasteiger charge is 2.35. The van der Waals surface area contributed by atoms with E-state index in [1.165, 1.54) is 18.7 Å². The van der Waals surface area contributed by atoms with Gasteiger partial charge >= 0.3 is 6.01 Å². The summed E-state index contributed by atoms with van der Waals surface area (Å²) in [5.74, 6) is 0.983. The van der Waals surface area contributed by atoms with Crippen molar-refractivity contribution in [1.29, 1.82) is 0 Å². The number of benzene rings is 1. The molecular weight excluding hydrogens is 314 g/mol. The molecule has 1 aromatic carbocycles. The molecule has 114 valence electrons. The molecule has 0 amide bonds. The molecule has 3 heterocycles. The summed E-state index contributed by atoms with van der Waals surface area (Å²) >= 11 is -1.28. The van der Waals surface area contributed by atoms with Gasteiger partial charge in [0.25, 0.3) is 0 Å². The number of nitrogens with zero attached hydrogens (tertiary/aromatic N) is 5. The number of hydrogen-bond donors (Lipinski definition) is 0. The van der Waals surface area contributed by atoms with E-state index in [0.29, 0.717) is 18.1 Å². The van der Waals surface area contributed by atoms with E-state index in [0.717, 1.165) is 10.5 Å². The van der Waals surface area contributed by atoms with Gasteiger partial charge in [0.05, 0.1) is 18.9 Å². The van der Waals surface area contributed by atoms with Gasteiger partial charge < -0.3 is 9.29 Å². The van der Waals surface area contributed by atoms with Crippen LogP contribution in [0, 0.1) is 0 Å². The normalized spacial score (nSPS) is 16.2. The minimum absolute atomic E-state index is 0.158. The van der Waals surface area contributed by atoms with E-state index < -0.39 is 11.4 Å². The molecule has 0 fully saturated rings. The highest BCUT2D eigenvalue weighted by molar-refractivity contribution is 7.93. The van der Waals surface area contributed by atoms with Gasteiger partial charge in [-0.1, -0.05) is 18.2 Å². The third kappa shape index (κ3) is 2.69. The van der Waals surface area contributed by atoms with Crippen molar-refractivity contribution in [1.82, 2.24) is 19.9 Å². The monoisotopic (exact) mass is 325 g/mol. The second-order valence-corrected chi connectivity index (χ2v) is 6.15. The minimum atomic E-state index is -1.28. The molecule has 0 N–H and O–H groups in total. The smallest absolute Gasteiger partial charge is 0.324 e. The molecule has 7 nitrogen and oxygen atoms in total. The van der Waals surface area contributed by atoms with Crippen LogP contribution >= 0.6 is 0 Å². The van der Waals surface area contributed by atoms with E-state index in [2.05, 4.69) is 19.9 Å². The highest BCUT2D eigenvalue weighted by atomic mass is 32.2. The third-order valence-electron chi connectivity index (χ3n) is 3.30. The number of anilines is 1. The van der Waals surface area contributed by atoms with Crippen molar-refractivity contribution in [2.45, 2.75) is 11.4 Å². The molecule has 0 spiro atoms.